The zero-order chi connectivity index (χ0) is 13.1. The lowest BCUT2D eigenvalue weighted by Crippen LogP contribution is -2.17. The van der Waals surface area contributed by atoms with Gasteiger partial charge in [-0.25, -0.2) is 4.98 Å². The summed E-state index contributed by atoms with van der Waals surface area (Å²) in [6, 6.07) is 5.60. The standard InChI is InChI=1S/C13H16BrN3O/c1-3-17-7-6-16-13(17)12(15)9-4-5-11(18-2)10(14)8-9/h4-8,12H,3,15H2,1-2H3. The van der Waals surface area contributed by atoms with Gasteiger partial charge >= 0.3 is 0 Å². The van der Waals surface area contributed by atoms with E-state index in [0.717, 1.165) is 28.2 Å². The normalized spacial score (nSPS) is 12.4. The number of imidazole rings is 1. The number of hydrogen-bond acceptors (Lipinski definition) is 3. The molecule has 0 aliphatic heterocycles. The summed E-state index contributed by atoms with van der Waals surface area (Å²) in [7, 11) is 1.64. The van der Waals surface area contributed by atoms with Crippen molar-refractivity contribution < 1.29 is 4.74 Å². The first-order valence-corrected chi connectivity index (χ1v) is 6.56. The van der Waals surface area contributed by atoms with E-state index in [0.29, 0.717) is 0 Å². The Kier molecular flexibility index (Phi) is 4.04. The van der Waals surface area contributed by atoms with Crippen molar-refractivity contribution in [1.29, 1.82) is 0 Å². The molecule has 0 saturated carbocycles. The highest BCUT2D eigenvalue weighted by atomic mass is 79.9. The molecule has 2 aromatic rings. The van der Waals surface area contributed by atoms with E-state index >= 15 is 0 Å². The van der Waals surface area contributed by atoms with Crippen molar-refractivity contribution in [2.75, 3.05) is 7.11 Å². The summed E-state index contributed by atoms with van der Waals surface area (Å²) < 4.78 is 8.15. The topological polar surface area (TPSA) is 53.1 Å². The van der Waals surface area contributed by atoms with E-state index in [1.807, 2.05) is 29.0 Å². The van der Waals surface area contributed by atoms with Crippen LogP contribution in [0.5, 0.6) is 5.75 Å². The molecule has 0 spiro atoms. The van der Waals surface area contributed by atoms with E-state index in [4.69, 9.17) is 10.5 Å². The third kappa shape index (κ3) is 2.42. The van der Waals surface area contributed by atoms with Crippen LogP contribution in [0, 0.1) is 0 Å². The third-order valence-corrected chi connectivity index (χ3v) is 3.52. The number of nitrogens with two attached hydrogens (primary N) is 1. The van der Waals surface area contributed by atoms with E-state index in [1.165, 1.54) is 0 Å². The maximum absolute atomic E-state index is 6.25. The molecule has 1 heterocycles. The summed E-state index contributed by atoms with van der Waals surface area (Å²) in [4.78, 5) is 4.33. The molecule has 0 radical (unpaired) electrons. The lowest BCUT2D eigenvalue weighted by atomic mass is 10.1. The summed E-state index contributed by atoms with van der Waals surface area (Å²) in [5.41, 5.74) is 7.26. The quantitative estimate of drug-likeness (QED) is 0.944. The van der Waals surface area contributed by atoms with E-state index in [9.17, 15) is 0 Å². The predicted molar refractivity (Wildman–Crippen MR) is 74.6 cm³/mol. The second-order valence-corrected chi connectivity index (χ2v) is 4.80. The number of aromatic nitrogens is 2. The minimum absolute atomic E-state index is 0.234. The second-order valence-electron chi connectivity index (χ2n) is 3.94. The molecule has 18 heavy (non-hydrogen) atoms. The minimum Gasteiger partial charge on any atom is -0.496 e. The molecule has 5 heteroatoms. The first-order chi connectivity index (χ1) is 8.67. The van der Waals surface area contributed by atoms with Crippen molar-refractivity contribution in [3.05, 3.63) is 46.5 Å². The average Bonchev–Trinajstić information content (AvgIpc) is 2.86. The number of halogens is 1. The molecular formula is C13H16BrN3O. The van der Waals surface area contributed by atoms with Gasteiger partial charge in [-0.1, -0.05) is 6.07 Å². The van der Waals surface area contributed by atoms with Crippen LogP contribution in [0.4, 0.5) is 0 Å². The van der Waals surface area contributed by atoms with Gasteiger partial charge in [-0.3, -0.25) is 0 Å². The molecule has 1 atom stereocenters. The molecule has 0 bridgehead atoms. The molecule has 0 saturated heterocycles. The maximum Gasteiger partial charge on any atom is 0.133 e. The number of ether oxygens (including phenoxy) is 1. The molecule has 2 rings (SSSR count). The van der Waals surface area contributed by atoms with Gasteiger partial charge in [0.1, 0.15) is 11.6 Å². The highest BCUT2D eigenvalue weighted by Gasteiger charge is 2.15. The number of aryl methyl sites for hydroxylation is 1. The summed E-state index contributed by atoms with van der Waals surface area (Å²) in [6.45, 7) is 2.93. The Hall–Kier alpha value is -1.33. The molecule has 0 aliphatic carbocycles. The van der Waals surface area contributed by atoms with Crippen molar-refractivity contribution >= 4 is 15.9 Å². The molecule has 1 unspecified atom stereocenters. The van der Waals surface area contributed by atoms with Gasteiger partial charge in [-0.05, 0) is 40.5 Å². The predicted octanol–water partition coefficient (Wildman–Crippen LogP) is 2.72. The zero-order valence-corrected chi connectivity index (χ0v) is 12.0. The molecule has 0 aliphatic rings. The number of nitrogens with zero attached hydrogens (tertiary/aromatic N) is 2. The van der Waals surface area contributed by atoms with Crippen molar-refractivity contribution in [3.8, 4) is 5.75 Å². The Bertz CT molecular complexity index is 539. The SMILES string of the molecule is CCn1ccnc1C(N)c1ccc(OC)c(Br)c1. The van der Waals surface area contributed by atoms with Gasteiger partial charge in [0.2, 0.25) is 0 Å². The van der Waals surface area contributed by atoms with E-state index in [1.54, 1.807) is 13.3 Å². The molecule has 0 amide bonds. The van der Waals surface area contributed by atoms with E-state index < -0.39 is 0 Å². The summed E-state index contributed by atoms with van der Waals surface area (Å²) in [5, 5.41) is 0. The lowest BCUT2D eigenvalue weighted by molar-refractivity contribution is 0.412. The Morgan fingerprint density at radius 3 is 2.89 bits per heavy atom. The molecule has 1 aromatic carbocycles. The van der Waals surface area contributed by atoms with Crippen LogP contribution in [0.25, 0.3) is 0 Å². The van der Waals surface area contributed by atoms with Crippen molar-refractivity contribution in [1.82, 2.24) is 9.55 Å². The average molecular weight is 310 g/mol. The summed E-state index contributed by atoms with van der Waals surface area (Å²) in [5.74, 6) is 1.67. The van der Waals surface area contributed by atoms with Crippen LogP contribution in [-0.2, 0) is 6.54 Å². The smallest absolute Gasteiger partial charge is 0.133 e. The second kappa shape index (κ2) is 5.54. The fourth-order valence-electron chi connectivity index (χ4n) is 1.89. The fourth-order valence-corrected chi connectivity index (χ4v) is 2.45. The van der Waals surface area contributed by atoms with Gasteiger partial charge in [-0.2, -0.15) is 0 Å². The summed E-state index contributed by atoms with van der Waals surface area (Å²) in [6.07, 6.45) is 3.71. The highest BCUT2D eigenvalue weighted by Crippen LogP contribution is 2.29. The molecule has 0 fully saturated rings. The first-order valence-electron chi connectivity index (χ1n) is 5.77. The number of rotatable bonds is 4. The monoisotopic (exact) mass is 309 g/mol. The van der Waals surface area contributed by atoms with Gasteiger partial charge in [-0.15, -0.1) is 0 Å². The molecule has 96 valence electrons. The van der Waals surface area contributed by atoms with E-state index in [-0.39, 0.29) is 6.04 Å². The third-order valence-electron chi connectivity index (χ3n) is 2.90. The van der Waals surface area contributed by atoms with Crippen molar-refractivity contribution in [3.63, 3.8) is 0 Å². The van der Waals surface area contributed by atoms with Gasteiger partial charge in [0.25, 0.3) is 0 Å². The number of methoxy groups -OCH3 is 1. The van der Waals surface area contributed by atoms with Crippen LogP contribution in [0.15, 0.2) is 35.1 Å². The molecule has 2 N–H and O–H groups in total. The Labute approximate surface area is 115 Å². The maximum atomic E-state index is 6.25. The largest absolute Gasteiger partial charge is 0.496 e. The minimum atomic E-state index is -0.234. The van der Waals surface area contributed by atoms with Crippen molar-refractivity contribution in [2.24, 2.45) is 5.73 Å². The Morgan fingerprint density at radius 2 is 2.28 bits per heavy atom. The fraction of sp³-hybridized carbons (Fsp3) is 0.308. The molecule has 4 nitrogen and oxygen atoms in total. The lowest BCUT2D eigenvalue weighted by Gasteiger charge is -2.14. The Balaban J connectivity index is 2.34. The Morgan fingerprint density at radius 1 is 1.50 bits per heavy atom. The van der Waals surface area contributed by atoms with Crippen LogP contribution in [0.1, 0.15) is 24.4 Å². The van der Waals surface area contributed by atoms with Gasteiger partial charge < -0.3 is 15.0 Å². The highest BCUT2D eigenvalue weighted by molar-refractivity contribution is 9.10. The number of benzene rings is 1. The van der Waals surface area contributed by atoms with Gasteiger partial charge in [0.15, 0.2) is 0 Å². The van der Waals surface area contributed by atoms with Gasteiger partial charge in [0.05, 0.1) is 17.6 Å². The van der Waals surface area contributed by atoms with E-state index in [2.05, 4.69) is 27.8 Å². The van der Waals surface area contributed by atoms with Crippen LogP contribution >= 0.6 is 15.9 Å². The van der Waals surface area contributed by atoms with Crippen LogP contribution in [-0.4, -0.2) is 16.7 Å². The number of hydrogen-bond donors (Lipinski definition) is 1. The zero-order valence-electron chi connectivity index (χ0n) is 10.4. The van der Waals surface area contributed by atoms with Gasteiger partial charge in [0, 0.05) is 18.9 Å². The molecule has 1 aromatic heterocycles. The molecular weight excluding hydrogens is 294 g/mol. The van der Waals surface area contributed by atoms with Crippen LogP contribution in [0.3, 0.4) is 0 Å². The van der Waals surface area contributed by atoms with Crippen LogP contribution in [0.2, 0.25) is 0 Å². The first kappa shape index (κ1) is 13.1. The summed E-state index contributed by atoms with van der Waals surface area (Å²) >= 11 is 3.47. The van der Waals surface area contributed by atoms with Crippen molar-refractivity contribution in [2.45, 2.75) is 19.5 Å². The van der Waals surface area contributed by atoms with Crippen LogP contribution < -0.4 is 10.5 Å².